The Morgan fingerprint density at radius 3 is 1.95 bits per heavy atom. The predicted molar refractivity (Wildman–Crippen MR) is 86.6 cm³/mol. The van der Waals surface area contributed by atoms with E-state index in [1.54, 1.807) is 11.8 Å². The summed E-state index contributed by atoms with van der Waals surface area (Å²) in [5, 5.41) is -0.0727. The minimum atomic E-state index is -0.0727. The van der Waals surface area contributed by atoms with Gasteiger partial charge >= 0.3 is 0 Å². The molecule has 2 aromatic carbocycles. The van der Waals surface area contributed by atoms with E-state index >= 15 is 0 Å². The molecule has 0 bridgehead atoms. The van der Waals surface area contributed by atoms with E-state index in [2.05, 4.69) is 63.4 Å². The van der Waals surface area contributed by atoms with Crippen LogP contribution in [-0.2, 0) is 0 Å². The lowest BCUT2D eigenvalue weighted by Gasteiger charge is -2.17. The van der Waals surface area contributed by atoms with E-state index in [1.807, 2.05) is 0 Å². The molecule has 0 aliphatic heterocycles. The molecule has 100 valence electrons. The van der Waals surface area contributed by atoms with Gasteiger partial charge in [-0.15, -0.1) is 23.4 Å². The quantitative estimate of drug-likeness (QED) is 0.519. The van der Waals surface area contributed by atoms with Crippen LogP contribution in [0.15, 0.2) is 41.3 Å². The van der Waals surface area contributed by atoms with Crippen LogP contribution < -0.4 is 0 Å². The van der Waals surface area contributed by atoms with Crippen LogP contribution in [0.1, 0.15) is 33.2 Å². The van der Waals surface area contributed by atoms with Crippen molar-refractivity contribution in [1.29, 1.82) is 0 Å². The van der Waals surface area contributed by atoms with Gasteiger partial charge in [-0.3, -0.25) is 0 Å². The van der Waals surface area contributed by atoms with E-state index in [1.165, 1.54) is 27.1 Å². The largest absolute Gasteiger partial charge is 0.130 e. The topological polar surface area (TPSA) is 0 Å². The summed E-state index contributed by atoms with van der Waals surface area (Å²) in [6, 6.07) is 12.9. The Morgan fingerprint density at radius 2 is 1.47 bits per heavy atom. The van der Waals surface area contributed by atoms with Crippen molar-refractivity contribution in [2.24, 2.45) is 0 Å². The molecule has 0 spiro atoms. The fourth-order valence-electron chi connectivity index (χ4n) is 2.53. The first-order chi connectivity index (χ1) is 9.02. The van der Waals surface area contributed by atoms with Gasteiger partial charge in [0, 0.05) is 4.90 Å². The van der Waals surface area contributed by atoms with Gasteiger partial charge in [-0.05, 0) is 61.4 Å². The van der Waals surface area contributed by atoms with Gasteiger partial charge in [-0.2, -0.15) is 0 Å². The van der Waals surface area contributed by atoms with Crippen LogP contribution in [0.3, 0.4) is 0 Å². The van der Waals surface area contributed by atoms with Gasteiger partial charge < -0.3 is 0 Å². The van der Waals surface area contributed by atoms with Crippen molar-refractivity contribution in [3.05, 3.63) is 64.2 Å². The molecule has 0 saturated carbocycles. The fraction of sp³-hybridized carbons (Fsp3) is 0.294. The third-order valence-electron chi connectivity index (χ3n) is 3.40. The zero-order chi connectivity index (χ0) is 14.0. The van der Waals surface area contributed by atoms with Crippen LogP contribution >= 0.6 is 23.4 Å². The lowest BCUT2D eigenvalue weighted by Crippen LogP contribution is -2.00. The molecule has 1 atom stereocenters. The Bertz CT molecular complexity index is 549. The normalized spacial score (nSPS) is 12.5. The number of benzene rings is 2. The molecule has 0 heterocycles. The maximum Gasteiger partial charge on any atom is 0.0840 e. The van der Waals surface area contributed by atoms with Crippen molar-refractivity contribution in [1.82, 2.24) is 0 Å². The van der Waals surface area contributed by atoms with Gasteiger partial charge in [0.25, 0.3) is 0 Å². The molecule has 0 aromatic heterocycles. The molecular formula is C17H19ClS. The number of halogens is 1. The number of aryl methyl sites for hydroxylation is 3. The maximum atomic E-state index is 6.68. The first kappa shape index (κ1) is 14.5. The molecule has 0 aliphatic carbocycles. The summed E-state index contributed by atoms with van der Waals surface area (Å²) in [4.78, 5) is 1.27. The standard InChI is InChI=1S/C17H19ClS/c1-11-9-12(2)16(13(3)10-11)17(18)14-5-7-15(19-4)8-6-14/h5-10,17H,1-4H3. The fourth-order valence-corrected chi connectivity index (χ4v) is 3.43. The zero-order valence-corrected chi connectivity index (χ0v) is 13.4. The summed E-state index contributed by atoms with van der Waals surface area (Å²) >= 11 is 8.43. The van der Waals surface area contributed by atoms with Gasteiger partial charge in [0.15, 0.2) is 0 Å². The minimum absolute atomic E-state index is 0.0727. The molecule has 1 unspecified atom stereocenters. The lowest BCUT2D eigenvalue weighted by molar-refractivity contribution is 1.07. The third-order valence-corrected chi connectivity index (χ3v) is 4.61. The number of alkyl halides is 1. The van der Waals surface area contributed by atoms with Gasteiger partial charge in [-0.25, -0.2) is 0 Å². The highest BCUT2D eigenvalue weighted by molar-refractivity contribution is 7.98. The molecule has 0 aliphatic rings. The number of hydrogen-bond donors (Lipinski definition) is 0. The molecule has 2 heteroatoms. The first-order valence-electron chi connectivity index (χ1n) is 6.38. The van der Waals surface area contributed by atoms with Crippen LogP contribution in [0.25, 0.3) is 0 Å². The Hall–Kier alpha value is -0.920. The monoisotopic (exact) mass is 290 g/mol. The van der Waals surface area contributed by atoms with Gasteiger partial charge in [-0.1, -0.05) is 29.8 Å². The average Bonchev–Trinajstić information content (AvgIpc) is 2.37. The summed E-state index contributed by atoms with van der Waals surface area (Å²) in [6.45, 7) is 6.40. The minimum Gasteiger partial charge on any atom is -0.130 e. The molecule has 0 amide bonds. The molecule has 0 fully saturated rings. The molecular weight excluding hydrogens is 272 g/mol. The summed E-state index contributed by atoms with van der Waals surface area (Å²) in [5.41, 5.74) is 6.23. The molecule has 2 rings (SSSR count). The van der Waals surface area contributed by atoms with E-state index in [0.717, 1.165) is 5.56 Å². The zero-order valence-electron chi connectivity index (χ0n) is 11.8. The molecule has 0 radical (unpaired) electrons. The maximum absolute atomic E-state index is 6.68. The summed E-state index contributed by atoms with van der Waals surface area (Å²) in [7, 11) is 0. The summed E-state index contributed by atoms with van der Waals surface area (Å²) in [5.74, 6) is 0. The van der Waals surface area contributed by atoms with Gasteiger partial charge in [0.2, 0.25) is 0 Å². The predicted octanol–water partition coefficient (Wildman–Crippen LogP) is 5.66. The Kier molecular flexibility index (Phi) is 4.59. The third kappa shape index (κ3) is 3.16. The second-order valence-electron chi connectivity index (χ2n) is 4.95. The smallest absolute Gasteiger partial charge is 0.0840 e. The van der Waals surface area contributed by atoms with Gasteiger partial charge in [0.1, 0.15) is 0 Å². The van der Waals surface area contributed by atoms with E-state index in [0.29, 0.717) is 0 Å². The van der Waals surface area contributed by atoms with E-state index in [4.69, 9.17) is 11.6 Å². The molecule has 0 N–H and O–H groups in total. The summed E-state index contributed by atoms with van der Waals surface area (Å²) < 4.78 is 0. The molecule has 2 aromatic rings. The van der Waals surface area contributed by atoms with Crippen LogP contribution in [0.4, 0.5) is 0 Å². The summed E-state index contributed by atoms with van der Waals surface area (Å²) in [6.07, 6.45) is 2.08. The van der Waals surface area contributed by atoms with Gasteiger partial charge in [0.05, 0.1) is 5.38 Å². The van der Waals surface area contributed by atoms with Crippen molar-refractivity contribution in [2.45, 2.75) is 31.0 Å². The van der Waals surface area contributed by atoms with Crippen molar-refractivity contribution in [3.8, 4) is 0 Å². The van der Waals surface area contributed by atoms with Crippen molar-refractivity contribution in [3.63, 3.8) is 0 Å². The Labute approximate surface area is 125 Å². The second kappa shape index (κ2) is 6.02. The van der Waals surface area contributed by atoms with Crippen LogP contribution in [0.5, 0.6) is 0 Å². The highest BCUT2D eigenvalue weighted by Gasteiger charge is 2.16. The number of thioether (sulfide) groups is 1. The average molecular weight is 291 g/mol. The number of hydrogen-bond acceptors (Lipinski definition) is 1. The van der Waals surface area contributed by atoms with E-state index in [-0.39, 0.29) is 5.38 Å². The lowest BCUT2D eigenvalue weighted by atomic mass is 9.94. The van der Waals surface area contributed by atoms with Crippen molar-refractivity contribution < 1.29 is 0 Å². The van der Waals surface area contributed by atoms with Crippen molar-refractivity contribution >= 4 is 23.4 Å². The molecule has 0 nitrogen and oxygen atoms in total. The van der Waals surface area contributed by atoms with E-state index < -0.39 is 0 Å². The van der Waals surface area contributed by atoms with E-state index in [9.17, 15) is 0 Å². The Balaban J connectivity index is 2.40. The second-order valence-corrected chi connectivity index (χ2v) is 6.26. The molecule has 0 saturated heterocycles. The highest BCUT2D eigenvalue weighted by Crippen LogP contribution is 2.34. The molecule has 19 heavy (non-hydrogen) atoms. The van der Waals surface area contributed by atoms with Crippen molar-refractivity contribution in [2.75, 3.05) is 6.26 Å². The first-order valence-corrected chi connectivity index (χ1v) is 8.05. The number of rotatable bonds is 3. The van der Waals surface area contributed by atoms with Crippen LogP contribution in [0.2, 0.25) is 0 Å². The van der Waals surface area contributed by atoms with Crippen LogP contribution in [-0.4, -0.2) is 6.26 Å². The SMILES string of the molecule is CSc1ccc(C(Cl)c2c(C)cc(C)cc2C)cc1. The highest BCUT2D eigenvalue weighted by atomic mass is 35.5. The van der Waals surface area contributed by atoms with Crippen LogP contribution in [0, 0.1) is 20.8 Å². The Morgan fingerprint density at radius 1 is 0.947 bits per heavy atom.